The fourth-order valence-electron chi connectivity index (χ4n) is 2.18. The molecule has 0 spiro atoms. The molecule has 1 aliphatic rings. The van der Waals surface area contributed by atoms with Crippen molar-refractivity contribution in [2.75, 3.05) is 6.54 Å². The van der Waals surface area contributed by atoms with E-state index < -0.39 is 0 Å². The molecule has 1 unspecified atom stereocenters. The lowest BCUT2D eigenvalue weighted by atomic mass is 10.1. The van der Waals surface area contributed by atoms with Crippen LogP contribution in [-0.4, -0.2) is 6.54 Å². The topological polar surface area (TPSA) is 12.0 Å². The minimum atomic E-state index is 0.541. The van der Waals surface area contributed by atoms with Crippen molar-refractivity contribution in [3.8, 4) is 0 Å². The second-order valence-corrected chi connectivity index (χ2v) is 5.17. The first kappa shape index (κ1) is 11.0. The molecule has 15 heavy (non-hydrogen) atoms. The van der Waals surface area contributed by atoms with E-state index in [0.29, 0.717) is 12.0 Å². The zero-order chi connectivity index (χ0) is 10.8. The van der Waals surface area contributed by atoms with Crippen LogP contribution in [0.5, 0.6) is 0 Å². The summed E-state index contributed by atoms with van der Waals surface area (Å²) in [6.45, 7) is 5.57. The van der Waals surface area contributed by atoms with Crippen molar-refractivity contribution in [2.45, 2.75) is 32.7 Å². The Bertz CT molecular complexity index is 346. The highest BCUT2D eigenvalue weighted by atomic mass is 35.5. The van der Waals surface area contributed by atoms with E-state index in [4.69, 9.17) is 11.6 Å². The van der Waals surface area contributed by atoms with Crippen LogP contribution < -0.4 is 5.32 Å². The lowest BCUT2D eigenvalue weighted by Gasteiger charge is -2.15. The normalized spacial score (nSPS) is 19.6. The van der Waals surface area contributed by atoms with Crippen molar-refractivity contribution in [3.05, 3.63) is 34.3 Å². The van der Waals surface area contributed by atoms with Gasteiger partial charge in [0.2, 0.25) is 0 Å². The summed E-state index contributed by atoms with van der Waals surface area (Å²) in [5, 5.41) is 4.47. The van der Waals surface area contributed by atoms with Gasteiger partial charge in [0.1, 0.15) is 0 Å². The van der Waals surface area contributed by atoms with Crippen LogP contribution in [0.1, 0.15) is 37.4 Å². The van der Waals surface area contributed by atoms with E-state index in [-0.39, 0.29) is 0 Å². The molecule has 2 heteroatoms. The molecule has 1 nitrogen and oxygen atoms in total. The van der Waals surface area contributed by atoms with Gasteiger partial charge >= 0.3 is 0 Å². The number of rotatable bonds is 3. The maximum Gasteiger partial charge on any atom is 0.0408 e. The molecule has 2 rings (SSSR count). The van der Waals surface area contributed by atoms with Crippen LogP contribution in [0.25, 0.3) is 0 Å². The average molecular weight is 224 g/mol. The molecule has 0 aromatic heterocycles. The molecule has 1 aromatic rings. The molecule has 1 aromatic carbocycles. The largest absolute Gasteiger partial charge is 0.310 e. The standard InChI is InChI=1S/C13H18ClN/c1-9(2)8-15-13-6-3-10-7-11(14)4-5-12(10)13/h4-5,7,9,13,15H,3,6,8H2,1-2H3. The molecule has 1 atom stereocenters. The monoisotopic (exact) mass is 223 g/mol. The third-order valence-corrected chi connectivity index (χ3v) is 3.19. The molecular formula is C13H18ClN. The molecule has 0 fully saturated rings. The smallest absolute Gasteiger partial charge is 0.0408 e. The van der Waals surface area contributed by atoms with Crippen LogP contribution in [0.2, 0.25) is 5.02 Å². The van der Waals surface area contributed by atoms with Crippen LogP contribution in [0.15, 0.2) is 18.2 Å². The number of aryl methyl sites for hydroxylation is 1. The number of halogens is 1. The van der Waals surface area contributed by atoms with Gasteiger partial charge in [-0.2, -0.15) is 0 Å². The number of hydrogen-bond acceptors (Lipinski definition) is 1. The van der Waals surface area contributed by atoms with Crippen molar-refractivity contribution in [3.63, 3.8) is 0 Å². The molecule has 0 amide bonds. The van der Waals surface area contributed by atoms with Crippen LogP contribution in [0.3, 0.4) is 0 Å². The summed E-state index contributed by atoms with van der Waals surface area (Å²) < 4.78 is 0. The first-order valence-corrected chi connectivity index (χ1v) is 6.06. The van der Waals surface area contributed by atoms with E-state index in [1.54, 1.807) is 0 Å². The van der Waals surface area contributed by atoms with Crippen molar-refractivity contribution in [2.24, 2.45) is 5.92 Å². The Morgan fingerprint density at radius 2 is 2.27 bits per heavy atom. The Morgan fingerprint density at radius 3 is 3.00 bits per heavy atom. The lowest BCUT2D eigenvalue weighted by molar-refractivity contribution is 0.472. The number of benzene rings is 1. The molecule has 0 saturated heterocycles. The summed E-state index contributed by atoms with van der Waals surface area (Å²) in [6, 6.07) is 6.81. The van der Waals surface area contributed by atoms with Gasteiger partial charge in [-0.3, -0.25) is 0 Å². The van der Waals surface area contributed by atoms with Crippen LogP contribution in [0, 0.1) is 5.92 Å². The number of nitrogens with one attached hydrogen (secondary N) is 1. The number of fused-ring (bicyclic) bond motifs is 1. The van der Waals surface area contributed by atoms with E-state index in [0.717, 1.165) is 18.0 Å². The van der Waals surface area contributed by atoms with Gasteiger partial charge in [0, 0.05) is 11.1 Å². The molecule has 0 heterocycles. The summed E-state index contributed by atoms with van der Waals surface area (Å²) in [7, 11) is 0. The van der Waals surface area contributed by atoms with E-state index in [1.807, 2.05) is 6.07 Å². The van der Waals surface area contributed by atoms with E-state index in [9.17, 15) is 0 Å². The predicted octanol–water partition coefficient (Wildman–Crippen LogP) is 3.57. The second-order valence-electron chi connectivity index (χ2n) is 4.74. The zero-order valence-electron chi connectivity index (χ0n) is 9.39. The molecule has 82 valence electrons. The Balaban J connectivity index is 2.08. The van der Waals surface area contributed by atoms with Gasteiger partial charge in [-0.05, 0) is 48.6 Å². The van der Waals surface area contributed by atoms with Gasteiger partial charge in [0.25, 0.3) is 0 Å². The van der Waals surface area contributed by atoms with Crippen molar-refractivity contribution >= 4 is 11.6 Å². The third kappa shape index (κ3) is 2.53. The fourth-order valence-corrected chi connectivity index (χ4v) is 2.37. The van der Waals surface area contributed by atoms with E-state index in [1.165, 1.54) is 17.5 Å². The predicted molar refractivity (Wildman–Crippen MR) is 65.4 cm³/mol. The Hall–Kier alpha value is -0.530. The lowest BCUT2D eigenvalue weighted by Crippen LogP contribution is -2.23. The molecule has 0 radical (unpaired) electrons. The summed E-state index contributed by atoms with van der Waals surface area (Å²) in [6.07, 6.45) is 2.37. The van der Waals surface area contributed by atoms with Crippen molar-refractivity contribution in [1.29, 1.82) is 0 Å². The first-order valence-electron chi connectivity index (χ1n) is 5.68. The first-order chi connectivity index (χ1) is 7.16. The second kappa shape index (κ2) is 4.54. The average Bonchev–Trinajstić information content (AvgIpc) is 2.57. The molecular weight excluding hydrogens is 206 g/mol. The summed E-state index contributed by atoms with van der Waals surface area (Å²) in [5.41, 5.74) is 2.86. The molecule has 1 aliphatic carbocycles. The minimum Gasteiger partial charge on any atom is -0.310 e. The van der Waals surface area contributed by atoms with Gasteiger partial charge in [0.05, 0.1) is 0 Å². The SMILES string of the molecule is CC(C)CNC1CCc2cc(Cl)ccc21. The van der Waals surface area contributed by atoms with Gasteiger partial charge in [-0.15, -0.1) is 0 Å². The van der Waals surface area contributed by atoms with Crippen LogP contribution in [0.4, 0.5) is 0 Å². The fraction of sp³-hybridized carbons (Fsp3) is 0.538. The highest BCUT2D eigenvalue weighted by Crippen LogP contribution is 2.32. The molecule has 0 bridgehead atoms. The van der Waals surface area contributed by atoms with Gasteiger partial charge in [-0.25, -0.2) is 0 Å². The molecule has 0 saturated carbocycles. The third-order valence-electron chi connectivity index (χ3n) is 2.96. The summed E-state index contributed by atoms with van der Waals surface area (Å²) in [4.78, 5) is 0. The summed E-state index contributed by atoms with van der Waals surface area (Å²) >= 11 is 5.98. The maximum absolute atomic E-state index is 5.98. The quantitative estimate of drug-likeness (QED) is 0.826. The minimum absolute atomic E-state index is 0.541. The van der Waals surface area contributed by atoms with Gasteiger partial charge in [-0.1, -0.05) is 31.5 Å². The van der Waals surface area contributed by atoms with E-state index >= 15 is 0 Å². The molecule has 1 N–H and O–H groups in total. The van der Waals surface area contributed by atoms with Crippen LogP contribution in [-0.2, 0) is 6.42 Å². The zero-order valence-corrected chi connectivity index (χ0v) is 10.1. The highest BCUT2D eigenvalue weighted by Gasteiger charge is 2.21. The van der Waals surface area contributed by atoms with Crippen molar-refractivity contribution < 1.29 is 0 Å². The molecule has 0 aliphatic heterocycles. The Kier molecular flexibility index (Phi) is 3.32. The maximum atomic E-state index is 5.98. The number of hydrogen-bond donors (Lipinski definition) is 1. The Morgan fingerprint density at radius 1 is 1.47 bits per heavy atom. The van der Waals surface area contributed by atoms with Crippen molar-refractivity contribution in [1.82, 2.24) is 5.32 Å². The Labute approximate surface area is 96.8 Å². The summed E-state index contributed by atoms with van der Waals surface area (Å²) in [5.74, 6) is 0.710. The van der Waals surface area contributed by atoms with E-state index in [2.05, 4.69) is 31.3 Å². The van der Waals surface area contributed by atoms with Gasteiger partial charge < -0.3 is 5.32 Å². The van der Waals surface area contributed by atoms with Crippen LogP contribution >= 0.6 is 11.6 Å². The van der Waals surface area contributed by atoms with Gasteiger partial charge in [0.15, 0.2) is 0 Å². The highest BCUT2D eigenvalue weighted by molar-refractivity contribution is 6.30.